The van der Waals surface area contributed by atoms with E-state index in [0.717, 1.165) is 17.1 Å². The molecular formula is C19H24N2O2S. The summed E-state index contributed by atoms with van der Waals surface area (Å²) >= 11 is 1.51. The van der Waals surface area contributed by atoms with Crippen LogP contribution in [0, 0.1) is 0 Å². The van der Waals surface area contributed by atoms with Crippen LogP contribution in [0.25, 0.3) is 10.6 Å². The first-order valence-electron chi connectivity index (χ1n) is 8.54. The lowest BCUT2D eigenvalue weighted by molar-refractivity contribution is -0.136. The number of aromatic nitrogens is 1. The van der Waals surface area contributed by atoms with Gasteiger partial charge in [0.05, 0.1) is 12.1 Å². The average Bonchev–Trinajstić information content (AvgIpc) is 2.99. The molecule has 0 saturated carbocycles. The maximum absolute atomic E-state index is 10.8. The van der Waals surface area contributed by atoms with Crippen LogP contribution < -0.4 is 0 Å². The Morgan fingerprint density at radius 1 is 1.33 bits per heavy atom. The minimum Gasteiger partial charge on any atom is -0.481 e. The fourth-order valence-corrected chi connectivity index (χ4v) is 4.29. The molecule has 1 saturated heterocycles. The number of hydrogen-bond acceptors (Lipinski definition) is 4. The first-order chi connectivity index (χ1) is 11.5. The third kappa shape index (κ3) is 4.02. The van der Waals surface area contributed by atoms with Crippen LogP contribution in [0.4, 0.5) is 0 Å². The van der Waals surface area contributed by atoms with Crippen molar-refractivity contribution in [3.05, 3.63) is 40.9 Å². The second kappa shape index (κ2) is 7.45. The standard InChI is InChI=1S/C19H24N2O2S/c1-13-5-3-6-14(2)21(13)11-15-7-4-8-16(9-15)19-20-17(12-24-19)10-18(22)23/h4,7-9,12-14H,3,5-6,10-11H2,1-2H3,(H,22,23). The number of thiazole rings is 1. The van der Waals surface area contributed by atoms with Gasteiger partial charge in [0.1, 0.15) is 5.01 Å². The highest BCUT2D eigenvalue weighted by Gasteiger charge is 2.24. The van der Waals surface area contributed by atoms with Crippen molar-refractivity contribution in [3.63, 3.8) is 0 Å². The highest BCUT2D eigenvalue weighted by molar-refractivity contribution is 7.13. The molecule has 0 aliphatic carbocycles. The van der Waals surface area contributed by atoms with Crippen LogP contribution in [-0.4, -0.2) is 33.0 Å². The number of aliphatic carboxylic acids is 1. The quantitative estimate of drug-likeness (QED) is 0.883. The van der Waals surface area contributed by atoms with Crippen molar-refractivity contribution in [2.75, 3.05) is 0 Å². The number of benzene rings is 1. The van der Waals surface area contributed by atoms with Crippen molar-refractivity contribution in [2.45, 2.75) is 58.2 Å². The van der Waals surface area contributed by atoms with Crippen molar-refractivity contribution in [1.29, 1.82) is 0 Å². The van der Waals surface area contributed by atoms with Gasteiger partial charge in [-0.25, -0.2) is 4.98 Å². The summed E-state index contributed by atoms with van der Waals surface area (Å²) in [6, 6.07) is 9.73. The Labute approximate surface area is 147 Å². The summed E-state index contributed by atoms with van der Waals surface area (Å²) < 4.78 is 0. The van der Waals surface area contributed by atoms with Crippen LogP contribution in [0.5, 0.6) is 0 Å². The van der Waals surface area contributed by atoms with Crippen molar-refractivity contribution in [1.82, 2.24) is 9.88 Å². The van der Waals surface area contributed by atoms with E-state index in [1.54, 1.807) is 0 Å². The molecule has 1 fully saturated rings. The van der Waals surface area contributed by atoms with Gasteiger partial charge in [0.25, 0.3) is 0 Å². The van der Waals surface area contributed by atoms with Crippen LogP contribution in [0.1, 0.15) is 44.4 Å². The third-order valence-corrected chi connectivity index (χ3v) is 5.74. The van der Waals surface area contributed by atoms with E-state index in [1.807, 2.05) is 5.38 Å². The van der Waals surface area contributed by atoms with E-state index >= 15 is 0 Å². The number of likely N-dealkylation sites (tertiary alicyclic amines) is 1. The number of nitrogens with zero attached hydrogens (tertiary/aromatic N) is 2. The highest BCUT2D eigenvalue weighted by atomic mass is 32.1. The molecule has 0 bridgehead atoms. The normalized spacial score (nSPS) is 21.8. The zero-order valence-electron chi connectivity index (χ0n) is 14.2. The fraction of sp³-hybridized carbons (Fsp3) is 0.474. The zero-order valence-corrected chi connectivity index (χ0v) is 15.1. The maximum Gasteiger partial charge on any atom is 0.309 e. The maximum atomic E-state index is 10.8. The van der Waals surface area contributed by atoms with Crippen molar-refractivity contribution < 1.29 is 9.90 Å². The van der Waals surface area contributed by atoms with Gasteiger partial charge in [0.15, 0.2) is 0 Å². The van der Waals surface area contributed by atoms with E-state index in [0.29, 0.717) is 17.8 Å². The van der Waals surface area contributed by atoms with Crippen LogP contribution >= 0.6 is 11.3 Å². The average molecular weight is 344 g/mol. The van der Waals surface area contributed by atoms with Gasteiger partial charge < -0.3 is 5.11 Å². The first-order valence-corrected chi connectivity index (χ1v) is 9.42. The van der Waals surface area contributed by atoms with Gasteiger partial charge in [0.2, 0.25) is 0 Å². The van der Waals surface area contributed by atoms with Crippen LogP contribution in [-0.2, 0) is 17.8 Å². The van der Waals surface area contributed by atoms with Crippen LogP contribution in [0.3, 0.4) is 0 Å². The molecule has 1 N–H and O–H groups in total. The van der Waals surface area contributed by atoms with Gasteiger partial charge >= 0.3 is 5.97 Å². The first kappa shape index (κ1) is 17.1. The molecule has 1 aromatic carbocycles. The Hall–Kier alpha value is -1.72. The zero-order chi connectivity index (χ0) is 17.1. The van der Waals surface area contributed by atoms with Gasteiger partial charge in [-0.1, -0.05) is 24.6 Å². The lowest BCUT2D eigenvalue weighted by atomic mass is 9.96. The number of piperidine rings is 1. The lowest BCUT2D eigenvalue weighted by Gasteiger charge is -2.39. The van der Waals surface area contributed by atoms with Gasteiger partial charge in [-0.2, -0.15) is 0 Å². The van der Waals surface area contributed by atoms with Crippen molar-refractivity contribution in [2.24, 2.45) is 0 Å². The molecule has 1 aliphatic heterocycles. The Bertz CT molecular complexity index is 703. The molecule has 0 amide bonds. The molecule has 24 heavy (non-hydrogen) atoms. The largest absolute Gasteiger partial charge is 0.481 e. The van der Waals surface area contributed by atoms with Gasteiger partial charge in [-0.05, 0) is 38.3 Å². The number of carbonyl (C=O) groups is 1. The number of rotatable bonds is 5. The van der Waals surface area contributed by atoms with E-state index in [-0.39, 0.29) is 6.42 Å². The Morgan fingerprint density at radius 3 is 2.79 bits per heavy atom. The number of carboxylic acids is 1. The van der Waals surface area contributed by atoms with Crippen molar-refractivity contribution >= 4 is 17.3 Å². The summed E-state index contributed by atoms with van der Waals surface area (Å²) in [5.74, 6) is -0.839. The highest BCUT2D eigenvalue weighted by Crippen LogP contribution is 2.28. The Kier molecular flexibility index (Phi) is 5.31. The fourth-order valence-electron chi connectivity index (χ4n) is 3.48. The van der Waals surface area contributed by atoms with E-state index in [4.69, 9.17) is 5.11 Å². The molecule has 1 aliphatic rings. The summed E-state index contributed by atoms with van der Waals surface area (Å²) in [6.07, 6.45) is 3.85. The Balaban J connectivity index is 1.76. The van der Waals surface area contributed by atoms with Crippen molar-refractivity contribution in [3.8, 4) is 10.6 Å². The van der Waals surface area contributed by atoms with Gasteiger partial charge in [-0.3, -0.25) is 9.69 Å². The molecule has 2 heterocycles. The predicted molar refractivity (Wildman–Crippen MR) is 97.2 cm³/mol. The summed E-state index contributed by atoms with van der Waals surface area (Å²) in [4.78, 5) is 17.9. The summed E-state index contributed by atoms with van der Waals surface area (Å²) in [7, 11) is 0. The summed E-state index contributed by atoms with van der Waals surface area (Å²) in [5, 5.41) is 11.6. The topological polar surface area (TPSA) is 53.4 Å². The molecule has 2 atom stereocenters. The van der Waals surface area contributed by atoms with E-state index < -0.39 is 5.97 Å². The summed E-state index contributed by atoms with van der Waals surface area (Å²) in [6.45, 7) is 5.60. The molecule has 4 nitrogen and oxygen atoms in total. The second-order valence-corrected chi connectivity index (χ2v) is 7.57. The van der Waals surface area contributed by atoms with Crippen LogP contribution in [0.2, 0.25) is 0 Å². The Morgan fingerprint density at radius 2 is 2.08 bits per heavy atom. The molecule has 0 radical (unpaired) electrons. The molecule has 1 aromatic heterocycles. The minimum atomic E-state index is -0.839. The molecule has 0 spiro atoms. The molecule has 2 unspecified atom stereocenters. The van der Waals surface area contributed by atoms with Crippen LogP contribution in [0.15, 0.2) is 29.6 Å². The molecule has 2 aromatic rings. The number of carboxylic acid groups (broad SMARTS) is 1. The van der Waals surface area contributed by atoms with Gasteiger partial charge in [-0.15, -0.1) is 11.3 Å². The predicted octanol–water partition coefficient (Wildman–Crippen LogP) is 4.20. The molecule has 128 valence electrons. The molecular weight excluding hydrogens is 320 g/mol. The minimum absolute atomic E-state index is 0.0149. The second-order valence-electron chi connectivity index (χ2n) is 6.72. The smallest absolute Gasteiger partial charge is 0.309 e. The van der Waals surface area contributed by atoms with E-state index in [9.17, 15) is 4.79 Å². The van der Waals surface area contributed by atoms with E-state index in [2.05, 4.69) is 48.0 Å². The van der Waals surface area contributed by atoms with Gasteiger partial charge in [0, 0.05) is 29.6 Å². The monoisotopic (exact) mass is 344 g/mol. The third-order valence-electron chi connectivity index (χ3n) is 4.80. The van der Waals surface area contributed by atoms with E-state index in [1.165, 1.54) is 36.2 Å². The number of hydrogen-bond donors (Lipinski definition) is 1. The summed E-state index contributed by atoms with van der Waals surface area (Å²) in [5.41, 5.74) is 3.00. The SMILES string of the molecule is CC1CCCC(C)N1Cc1cccc(-c2nc(CC(=O)O)cs2)c1. The molecule has 3 rings (SSSR count). The lowest BCUT2D eigenvalue weighted by Crippen LogP contribution is -2.42. The molecule has 5 heteroatoms.